The zero-order valence-electron chi connectivity index (χ0n) is 14.4. The average molecular weight is 393 g/mol. The molecule has 0 aliphatic carbocycles. The van der Waals surface area contributed by atoms with Crippen LogP contribution in [0.5, 0.6) is 0 Å². The Hall–Kier alpha value is -2.17. The number of hydrogen-bond acceptors (Lipinski definition) is 9. The second kappa shape index (κ2) is 7.83. The molecule has 4 atom stereocenters. The van der Waals surface area contributed by atoms with Crippen LogP contribution < -0.4 is 0 Å². The SMILES string of the molecule is CCOC(=O)c1csc([C@@H]2O[C@H](CO)[C@@H](O)[C@]2(O)C(=O)c2ccccc2)n1. The van der Waals surface area contributed by atoms with Gasteiger partial charge in [-0.3, -0.25) is 4.79 Å². The van der Waals surface area contributed by atoms with Crippen LogP contribution in [0.15, 0.2) is 35.7 Å². The summed E-state index contributed by atoms with van der Waals surface area (Å²) in [5.74, 6) is -1.40. The van der Waals surface area contributed by atoms with Gasteiger partial charge in [-0.25, -0.2) is 9.78 Å². The normalized spacial score (nSPS) is 27.5. The smallest absolute Gasteiger partial charge is 0.357 e. The van der Waals surface area contributed by atoms with Crippen LogP contribution in [0.1, 0.15) is 38.9 Å². The summed E-state index contributed by atoms with van der Waals surface area (Å²) < 4.78 is 10.4. The Morgan fingerprint density at radius 2 is 2.04 bits per heavy atom. The molecule has 3 rings (SSSR count). The van der Waals surface area contributed by atoms with Gasteiger partial charge in [-0.15, -0.1) is 11.3 Å². The number of esters is 1. The second-order valence-corrected chi connectivity index (χ2v) is 6.88. The molecule has 0 unspecified atom stereocenters. The summed E-state index contributed by atoms with van der Waals surface area (Å²) in [5, 5.41) is 32.7. The first-order valence-corrected chi connectivity index (χ1v) is 9.20. The number of ketones is 1. The monoisotopic (exact) mass is 393 g/mol. The molecule has 1 aromatic heterocycles. The molecule has 1 fully saturated rings. The maximum absolute atomic E-state index is 13.0. The summed E-state index contributed by atoms with van der Waals surface area (Å²) in [6.45, 7) is 1.23. The van der Waals surface area contributed by atoms with Crippen molar-refractivity contribution in [1.82, 2.24) is 4.98 Å². The Morgan fingerprint density at radius 3 is 2.67 bits per heavy atom. The summed E-state index contributed by atoms with van der Waals surface area (Å²) in [6.07, 6.45) is -4.19. The van der Waals surface area contributed by atoms with Crippen LogP contribution in [0.25, 0.3) is 0 Å². The first-order valence-electron chi connectivity index (χ1n) is 8.32. The van der Waals surface area contributed by atoms with Crippen LogP contribution in [0.4, 0.5) is 0 Å². The van der Waals surface area contributed by atoms with Gasteiger partial charge in [-0.2, -0.15) is 0 Å². The molecule has 0 radical (unpaired) electrons. The largest absolute Gasteiger partial charge is 0.461 e. The molecule has 0 amide bonds. The van der Waals surface area contributed by atoms with Gasteiger partial charge in [-0.1, -0.05) is 30.3 Å². The highest BCUT2D eigenvalue weighted by molar-refractivity contribution is 7.09. The van der Waals surface area contributed by atoms with E-state index in [-0.39, 0.29) is 22.9 Å². The molecule has 144 valence electrons. The topological polar surface area (TPSA) is 126 Å². The number of benzene rings is 1. The Labute approximate surface area is 159 Å². The molecule has 9 heteroatoms. The van der Waals surface area contributed by atoms with E-state index in [0.29, 0.717) is 0 Å². The summed E-state index contributed by atoms with van der Waals surface area (Å²) in [5.41, 5.74) is -2.18. The van der Waals surface area contributed by atoms with Crippen molar-refractivity contribution in [3.63, 3.8) is 0 Å². The van der Waals surface area contributed by atoms with E-state index in [9.17, 15) is 24.9 Å². The van der Waals surface area contributed by atoms with Crippen LogP contribution in [0.2, 0.25) is 0 Å². The number of carbonyl (C=O) groups excluding carboxylic acids is 2. The maximum Gasteiger partial charge on any atom is 0.357 e. The van der Waals surface area contributed by atoms with E-state index >= 15 is 0 Å². The van der Waals surface area contributed by atoms with Gasteiger partial charge in [0.1, 0.15) is 23.3 Å². The number of thiazole rings is 1. The van der Waals surface area contributed by atoms with E-state index in [1.54, 1.807) is 25.1 Å². The Balaban J connectivity index is 1.99. The molecule has 0 bridgehead atoms. The van der Waals surface area contributed by atoms with Gasteiger partial charge in [0.2, 0.25) is 0 Å². The van der Waals surface area contributed by atoms with E-state index in [0.717, 1.165) is 11.3 Å². The van der Waals surface area contributed by atoms with Gasteiger partial charge in [0.25, 0.3) is 0 Å². The van der Waals surface area contributed by atoms with Crippen LogP contribution in [-0.2, 0) is 9.47 Å². The lowest BCUT2D eigenvalue weighted by molar-refractivity contribution is -0.0529. The van der Waals surface area contributed by atoms with E-state index < -0.39 is 42.3 Å². The standard InChI is InChI=1S/C18H19NO7S/c1-2-25-17(23)11-9-27-16(19-11)15-18(24,14(22)12(8-20)26-15)13(21)10-6-4-3-5-7-10/h3-7,9,12,14-15,20,22,24H,2,8H2,1H3/t12-,14-,15+,18-/m1/s1. The summed E-state index contributed by atoms with van der Waals surface area (Å²) in [4.78, 5) is 28.9. The fourth-order valence-corrected chi connectivity index (χ4v) is 3.85. The third-order valence-corrected chi connectivity index (χ3v) is 5.21. The fraction of sp³-hybridized carbons (Fsp3) is 0.389. The van der Waals surface area contributed by atoms with Crippen molar-refractivity contribution in [1.29, 1.82) is 0 Å². The molecule has 1 aliphatic heterocycles. The van der Waals surface area contributed by atoms with Crippen molar-refractivity contribution < 1.29 is 34.4 Å². The zero-order chi connectivity index (χ0) is 19.6. The maximum atomic E-state index is 13.0. The van der Waals surface area contributed by atoms with Crippen molar-refractivity contribution in [3.05, 3.63) is 52.0 Å². The first-order chi connectivity index (χ1) is 12.9. The number of nitrogens with zero attached hydrogens (tertiary/aromatic N) is 1. The van der Waals surface area contributed by atoms with E-state index in [4.69, 9.17) is 9.47 Å². The summed E-state index contributed by atoms with van der Waals surface area (Å²) in [7, 11) is 0. The summed E-state index contributed by atoms with van der Waals surface area (Å²) >= 11 is 0.989. The van der Waals surface area contributed by atoms with E-state index in [1.807, 2.05) is 0 Å². The molecule has 0 saturated carbocycles. The van der Waals surface area contributed by atoms with Gasteiger partial charge in [0, 0.05) is 10.9 Å². The number of ether oxygens (including phenoxy) is 2. The lowest BCUT2D eigenvalue weighted by Crippen LogP contribution is -2.52. The Bertz CT molecular complexity index is 824. The van der Waals surface area contributed by atoms with Gasteiger partial charge in [-0.05, 0) is 6.92 Å². The van der Waals surface area contributed by atoms with Gasteiger partial charge >= 0.3 is 5.97 Å². The van der Waals surface area contributed by atoms with Crippen LogP contribution in [-0.4, -0.2) is 63.1 Å². The third kappa shape index (κ3) is 3.40. The molecular formula is C18H19NO7S. The highest BCUT2D eigenvalue weighted by Crippen LogP contribution is 2.44. The lowest BCUT2D eigenvalue weighted by Gasteiger charge is -2.28. The molecular weight excluding hydrogens is 374 g/mol. The highest BCUT2D eigenvalue weighted by atomic mass is 32.1. The summed E-state index contributed by atoms with van der Waals surface area (Å²) in [6, 6.07) is 7.96. The van der Waals surface area contributed by atoms with E-state index in [2.05, 4.69) is 4.98 Å². The number of carbonyl (C=O) groups is 2. The van der Waals surface area contributed by atoms with Crippen molar-refractivity contribution >= 4 is 23.1 Å². The molecule has 3 N–H and O–H groups in total. The van der Waals surface area contributed by atoms with Crippen LogP contribution in [0.3, 0.4) is 0 Å². The number of aliphatic hydroxyl groups excluding tert-OH is 2. The zero-order valence-corrected chi connectivity index (χ0v) is 15.3. The number of hydrogen-bond donors (Lipinski definition) is 3. The molecule has 1 aliphatic rings. The Morgan fingerprint density at radius 1 is 1.33 bits per heavy atom. The molecule has 0 spiro atoms. The average Bonchev–Trinajstić information content (AvgIpc) is 3.26. The number of rotatable bonds is 6. The van der Waals surface area contributed by atoms with E-state index in [1.165, 1.54) is 17.5 Å². The van der Waals surface area contributed by atoms with Crippen molar-refractivity contribution in [3.8, 4) is 0 Å². The quantitative estimate of drug-likeness (QED) is 0.484. The Kier molecular flexibility index (Phi) is 5.68. The minimum Gasteiger partial charge on any atom is -0.461 e. The lowest BCUT2D eigenvalue weighted by atomic mass is 9.83. The second-order valence-electron chi connectivity index (χ2n) is 5.99. The third-order valence-electron chi connectivity index (χ3n) is 4.32. The van der Waals surface area contributed by atoms with Gasteiger partial charge < -0.3 is 24.8 Å². The van der Waals surface area contributed by atoms with Crippen LogP contribution in [0, 0.1) is 0 Å². The highest BCUT2D eigenvalue weighted by Gasteiger charge is 2.61. The molecule has 27 heavy (non-hydrogen) atoms. The molecule has 8 nitrogen and oxygen atoms in total. The van der Waals surface area contributed by atoms with Crippen molar-refractivity contribution in [2.45, 2.75) is 30.8 Å². The van der Waals surface area contributed by atoms with Crippen molar-refractivity contribution in [2.24, 2.45) is 0 Å². The predicted octanol–water partition coefficient (Wildman–Crippen LogP) is 0.727. The van der Waals surface area contributed by atoms with Crippen LogP contribution >= 0.6 is 11.3 Å². The van der Waals surface area contributed by atoms with Gasteiger partial charge in [0.05, 0.1) is 13.2 Å². The molecule has 1 saturated heterocycles. The minimum atomic E-state index is -2.36. The molecule has 1 aromatic carbocycles. The first kappa shape index (κ1) is 19.6. The number of Topliss-reactive ketones (excluding diaryl/α,β-unsaturated/α-hetero) is 1. The van der Waals surface area contributed by atoms with Gasteiger partial charge in [0.15, 0.2) is 17.1 Å². The van der Waals surface area contributed by atoms with Crippen molar-refractivity contribution in [2.75, 3.05) is 13.2 Å². The number of aliphatic hydroxyl groups is 3. The molecule has 2 heterocycles. The fourth-order valence-electron chi connectivity index (χ4n) is 2.96. The minimum absolute atomic E-state index is 0.0110. The molecule has 2 aromatic rings. The number of aromatic nitrogens is 1. The predicted molar refractivity (Wildman–Crippen MR) is 94.5 cm³/mol.